The van der Waals surface area contributed by atoms with Crippen molar-refractivity contribution < 1.29 is 4.79 Å². The summed E-state index contributed by atoms with van der Waals surface area (Å²) in [5, 5.41) is 5.74. The van der Waals surface area contributed by atoms with Gasteiger partial charge in [-0.2, -0.15) is 5.10 Å². The van der Waals surface area contributed by atoms with Gasteiger partial charge in [-0.3, -0.25) is 9.48 Å². The van der Waals surface area contributed by atoms with Gasteiger partial charge in [-0.1, -0.05) is 11.6 Å². The van der Waals surface area contributed by atoms with Crippen molar-refractivity contribution in [1.82, 2.24) is 14.8 Å². The molecule has 0 unspecified atom stereocenters. The third kappa shape index (κ3) is 1.82. The molecule has 0 N–H and O–H groups in total. The number of halogens is 1. The van der Waals surface area contributed by atoms with Crippen LogP contribution >= 0.6 is 11.6 Å². The Morgan fingerprint density at radius 2 is 2.12 bits per heavy atom. The first-order valence-corrected chi connectivity index (χ1v) is 5.74. The quantitative estimate of drug-likeness (QED) is 0.771. The van der Waals surface area contributed by atoms with Crippen molar-refractivity contribution >= 4 is 28.3 Å². The first-order valence-electron chi connectivity index (χ1n) is 5.36. The van der Waals surface area contributed by atoms with E-state index in [1.807, 2.05) is 20.8 Å². The molecule has 0 aromatic carbocycles. The van der Waals surface area contributed by atoms with Crippen molar-refractivity contribution in [2.45, 2.75) is 33.2 Å². The van der Waals surface area contributed by atoms with Crippen LogP contribution in [-0.4, -0.2) is 20.5 Å². The highest BCUT2D eigenvalue weighted by Crippen LogP contribution is 2.26. The van der Waals surface area contributed by atoms with E-state index in [0.717, 1.165) is 16.6 Å². The van der Waals surface area contributed by atoms with Crippen LogP contribution in [0.15, 0.2) is 12.3 Å². The second-order valence-corrected chi connectivity index (χ2v) is 5.02. The van der Waals surface area contributed by atoms with E-state index < -0.39 is 5.54 Å². The number of fused-ring (bicyclic) bond motifs is 1. The van der Waals surface area contributed by atoms with Gasteiger partial charge in [-0.05, 0) is 27.7 Å². The SMILES string of the molecule is CC(=O)C(C)(C)n1nc(C)c2cnc(Cl)cc21. The summed E-state index contributed by atoms with van der Waals surface area (Å²) in [6.07, 6.45) is 1.69. The van der Waals surface area contributed by atoms with E-state index in [-0.39, 0.29) is 5.78 Å². The number of aromatic nitrogens is 3. The number of hydrogen-bond donors (Lipinski definition) is 0. The molecule has 0 atom stereocenters. The fourth-order valence-electron chi connectivity index (χ4n) is 1.71. The molecule has 2 aromatic heterocycles. The standard InChI is InChI=1S/C12H14ClN3O/c1-7-9-6-14-11(13)5-10(9)16(15-7)12(3,4)8(2)17/h5-6H,1-4H3. The number of carbonyl (C=O) groups is 1. The lowest BCUT2D eigenvalue weighted by molar-refractivity contribution is -0.124. The lowest BCUT2D eigenvalue weighted by Gasteiger charge is -2.22. The van der Waals surface area contributed by atoms with Crippen LogP contribution in [0.4, 0.5) is 0 Å². The zero-order valence-corrected chi connectivity index (χ0v) is 11.0. The van der Waals surface area contributed by atoms with Gasteiger partial charge in [-0.25, -0.2) is 4.98 Å². The first-order chi connectivity index (χ1) is 7.84. The molecule has 0 bridgehead atoms. The van der Waals surface area contributed by atoms with Gasteiger partial charge in [0.25, 0.3) is 0 Å². The highest BCUT2D eigenvalue weighted by molar-refractivity contribution is 6.30. The molecule has 0 aliphatic carbocycles. The zero-order chi connectivity index (χ0) is 12.8. The lowest BCUT2D eigenvalue weighted by atomic mass is 10.0. The Morgan fingerprint density at radius 1 is 1.47 bits per heavy atom. The third-order valence-electron chi connectivity index (χ3n) is 3.11. The normalized spacial score (nSPS) is 12.1. The molecule has 2 rings (SSSR count). The third-order valence-corrected chi connectivity index (χ3v) is 3.31. The molecule has 0 saturated heterocycles. The molecule has 4 nitrogen and oxygen atoms in total. The van der Waals surface area contributed by atoms with Crippen LogP contribution in [0, 0.1) is 6.92 Å². The van der Waals surface area contributed by atoms with Crippen molar-refractivity contribution in [2.24, 2.45) is 0 Å². The van der Waals surface area contributed by atoms with Crippen LogP contribution in [0.2, 0.25) is 5.15 Å². The number of carbonyl (C=O) groups excluding carboxylic acids is 1. The average Bonchev–Trinajstić information content (AvgIpc) is 2.56. The number of nitrogens with zero attached hydrogens (tertiary/aromatic N) is 3. The molecule has 2 aromatic rings. The van der Waals surface area contributed by atoms with Crippen LogP contribution in [0.5, 0.6) is 0 Å². The van der Waals surface area contributed by atoms with Crippen molar-refractivity contribution in [3.8, 4) is 0 Å². The number of aryl methyl sites for hydroxylation is 1. The smallest absolute Gasteiger partial charge is 0.156 e. The molecule has 0 aliphatic rings. The molecule has 0 radical (unpaired) electrons. The maximum atomic E-state index is 11.7. The van der Waals surface area contributed by atoms with Crippen LogP contribution in [0.1, 0.15) is 26.5 Å². The highest BCUT2D eigenvalue weighted by Gasteiger charge is 2.29. The minimum Gasteiger partial charge on any atom is -0.297 e. The molecule has 0 aliphatic heterocycles. The number of Topliss-reactive ketones (excluding diaryl/α,β-unsaturated/α-hetero) is 1. The van der Waals surface area contributed by atoms with Gasteiger partial charge in [0.05, 0.1) is 11.2 Å². The summed E-state index contributed by atoms with van der Waals surface area (Å²) < 4.78 is 1.72. The summed E-state index contributed by atoms with van der Waals surface area (Å²) in [7, 11) is 0. The van der Waals surface area contributed by atoms with E-state index >= 15 is 0 Å². The molecule has 2 heterocycles. The maximum Gasteiger partial charge on any atom is 0.156 e. The second kappa shape index (κ2) is 3.81. The first kappa shape index (κ1) is 12.0. The summed E-state index contributed by atoms with van der Waals surface area (Å²) >= 11 is 5.89. The van der Waals surface area contributed by atoms with E-state index in [9.17, 15) is 4.79 Å². The molecule has 0 fully saturated rings. The summed E-state index contributed by atoms with van der Waals surface area (Å²) in [5.41, 5.74) is 0.998. The molecule has 0 spiro atoms. The Balaban J connectivity index is 2.79. The predicted octanol–water partition coefficient (Wildman–Crippen LogP) is 2.72. The van der Waals surface area contributed by atoms with Crippen LogP contribution in [-0.2, 0) is 10.3 Å². The van der Waals surface area contributed by atoms with Crippen molar-refractivity contribution in [3.63, 3.8) is 0 Å². The van der Waals surface area contributed by atoms with E-state index in [1.165, 1.54) is 0 Å². The Morgan fingerprint density at radius 3 is 2.71 bits per heavy atom. The van der Waals surface area contributed by atoms with E-state index in [2.05, 4.69) is 10.1 Å². The molecule has 0 amide bonds. The Kier molecular flexibility index (Phi) is 2.70. The van der Waals surface area contributed by atoms with Gasteiger partial charge in [0.1, 0.15) is 10.7 Å². The molecule has 0 saturated carbocycles. The molecular weight excluding hydrogens is 238 g/mol. The molecule has 5 heteroatoms. The average molecular weight is 252 g/mol. The minimum absolute atomic E-state index is 0.0508. The van der Waals surface area contributed by atoms with Gasteiger partial charge in [0.15, 0.2) is 5.78 Å². The summed E-state index contributed by atoms with van der Waals surface area (Å²) in [6.45, 7) is 7.14. The van der Waals surface area contributed by atoms with Gasteiger partial charge in [-0.15, -0.1) is 0 Å². The van der Waals surface area contributed by atoms with Gasteiger partial charge < -0.3 is 0 Å². The van der Waals surface area contributed by atoms with E-state index in [4.69, 9.17) is 11.6 Å². The number of hydrogen-bond acceptors (Lipinski definition) is 3. The Hall–Kier alpha value is -1.42. The maximum absolute atomic E-state index is 11.7. The fraction of sp³-hybridized carbons (Fsp3) is 0.417. The van der Waals surface area contributed by atoms with Gasteiger partial charge >= 0.3 is 0 Å². The largest absolute Gasteiger partial charge is 0.297 e. The van der Waals surface area contributed by atoms with E-state index in [0.29, 0.717) is 5.15 Å². The van der Waals surface area contributed by atoms with E-state index in [1.54, 1.807) is 23.9 Å². The summed E-state index contributed by atoms with van der Waals surface area (Å²) in [4.78, 5) is 15.7. The van der Waals surface area contributed by atoms with Crippen LogP contribution < -0.4 is 0 Å². The van der Waals surface area contributed by atoms with Gasteiger partial charge in [0.2, 0.25) is 0 Å². The number of ketones is 1. The zero-order valence-electron chi connectivity index (χ0n) is 10.3. The number of rotatable bonds is 2. The topological polar surface area (TPSA) is 47.8 Å². The van der Waals surface area contributed by atoms with Crippen molar-refractivity contribution in [3.05, 3.63) is 23.1 Å². The minimum atomic E-state index is -0.683. The molecule has 17 heavy (non-hydrogen) atoms. The van der Waals surface area contributed by atoms with Crippen LogP contribution in [0.3, 0.4) is 0 Å². The lowest BCUT2D eigenvalue weighted by Crippen LogP contribution is -2.34. The fourth-order valence-corrected chi connectivity index (χ4v) is 1.86. The monoisotopic (exact) mass is 251 g/mol. The summed E-state index contributed by atoms with van der Waals surface area (Å²) in [6, 6.07) is 1.74. The highest BCUT2D eigenvalue weighted by atomic mass is 35.5. The van der Waals surface area contributed by atoms with Crippen molar-refractivity contribution in [1.29, 1.82) is 0 Å². The van der Waals surface area contributed by atoms with Crippen LogP contribution in [0.25, 0.3) is 10.9 Å². The second-order valence-electron chi connectivity index (χ2n) is 4.64. The Bertz CT molecular complexity index is 601. The summed E-state index contributed by atoms with van der Waals surface area (Å²) in [5.74, 6) is 0.0508. The number of pyridine rings is 1. The molecular formula is C12H14ClN3O. The molecule has 90 valence electrons. The van der Waals surface area contributed by atoms with Gasteiger partial charge in [0, 0.05) is 17.6 Å². The Labute approximate surface area is 105 Å². The predicted molar refractivity (Wildman–Crippen MR) is 67.3 cm³/mol. The van der Waals surface area contributed by atoms with Crippen molar-refractivity contribution in [2.75, 3.05) is 0 Å².